The predicted octanol–water partition coefficient (Wildman–Crippen LogP) is 0.891. The lowest BCUT2D eigenvalue weighted by atomic mass is 9.86. The van der Waals surface area contributed by atoms with Crippen LogP contribution in [0, 0.1) is 11.2 Å². The Morgan fingerprint density at radius 2 is 2.25 bits per heavy atom. The average molecular weight is 224 g/mol. The molecular weight excluding hydrogens is 207 g/mol. The minimum absolute atomic E-state index is 0.0906. The number of ether oxygens (including phenoxy) is 1. The highest BCUT2D eigenvalue weighted by molar-refractivity contribution is 5.16. The Morgan fingerprint density at radius 1 is 1.44 bits per heavy atom. The molecule has 2 rings (SSSR count). The van der Waals surface area contributed by atoms with Crippen LogP contribution >= 0.6 is 0 Å². The third-order valence-corrected chi connectivity index (χ3v) is 2.97. The van der Waals surface area contributed by atoms with Gasteiger partial charge in [-0.1, -0.05) is 12.1 Å². The molecule has 1 aromatic carbocycles. The molecule has 16 heavy (non-hydrogen) atoms. The Labute approximate surface area is 94.8 Å². The van der Waals surface area contributed by atoms with Crippen molar-refractivity contribution in [2.24, 2.45) is 11.1 Å². The zero-order valence-electron chi connectivity index (χ0n) is 9.21. The van der Waals surface area contributed by atoms with Crippen LogP contribution in [-0.2, 0) is 11.3 Å². The molecule has 0 radical (unpaired) electrons. The van der Waals surface area contributed by atoms with Crippen LogP contribution in [0.25, 0.3) is 0 Å². The largest absolute Gasteiger partial charge is 0.380 e. The lowest BCUT2D eigenvalue weighted by molar-refractivity contribution is -0.105. The molecule has 3 nitrogen and oxygen atoms in total. The van der Waals surface area contributed by atoms with E-state index in [-0.39, 0.29) is 11.2 Å². The fourth-order valence-electron chi connectivity index (χ4n) is 1.80. The molecular formula is C12H17FN2O. The first-order valence-corrected chi connectivity index (χ1v) is 5.47. The van der Waals surface area contributed by atoms with Gasteiger partial charge in [0.25, 0.3) is 0 Å². The minimum Gasteiger partial charge on any atom is -0.380 e. The molecule has 1 saturated heterocycles. The summed E-state index contributed by atoms with van der Waals surface area (Å²) >= 11 is 0. The maximum absolute atomic E-state index is 12.9. The summed E-state index contributed by atoms with van der Waals surface area (Å²) in [5, 5.41) is 3.30. The average Bonchev–Trinajstić information content (AvgIpc) is 2.22. The first-order chi connectivity index (χ1) is 7.74. The van der Waals surface area contributed by atoms with Gasteiger partial charge in [0.2, 0.25) is 0 Å². The highest BCUT2D eigenvalue weighted by Gasteiger charge is 2.36. The maximum atomic E-state index is 12.9. The van der Waals surface area contributed by atoms with Gasteiger partial charge in [0, 0.05) is 25.0 Å². The summed E-state index contributed by atoms with van der Waals surface area (Å²) in [7, 11) is 0. The van der Waals surface area contributed by atoms with Gasteiger partial charge in [-0.2, -0.15) is 0 Å². The Balaban J connectivity index is 1.79. The van der Waals surface area contributed by atoms with E-state index in [1.165, 1.54) is 6.07 Å². The summed E-state index contributed by atoms with van der Waals surface area (Å²) in [6.07, 6.45) is 0. The van der Waals surface area contributed by atoms with E-state index in [0.29, 0.717) is 13.1 Å². The van der Waals surface area contributed by atoms with Crippen molar-refractivity contribution in [2.45, 2.75) is 6.54 Å². The highest BCUT2D eigenvalue weighted by atomic mass is 19.1. The summed E-state index contributed by atoms with van der Waals surface area (Å²) in [6.45, 7) is 3.56. The Bertz CT molecular complexity index is 347. The molecule has 0 aromatic heterocycles. The molecule has 0 bridgehead atoms. The molecule has 1 heterocycles. The number of halogens is 1. The van der Waals surface area contributed by atoms with Gasteiger partial charge in [-0.3, -0.25) is 0 Å². The quantitative estimate of drug-likeness (QED) is 0.781. The molecule has 4 heteroatoms. The van der Waals surface area contributed by atoms with Crippen LogP contribution in [0.4, 0.5) is 4.39 Å². The van der Waals surface area contributed by atoms with Gasteiger partial charge in [-0.25, -0.2) is 4.39 Å². The summed E-state index contributed by atoms with van der Waals surface area (Å²) in [5.74, 6) is -0.195. The highest BCUT2D eigenvalue weighted by Crippen LogP contribution is 2.24. The lowest BCUT2D eigenvalue weighted by Crippen LogP contribution is -2.54. The van der Waals surface area contributed by atoms with Crippen LogP contribution in [-0.4, -0.2) is 26.3 Å². The van der Waals surface area contributed by atoms with E-state index < -0.39 is 0 Å². The van der Waals surface area contributed by atoms with Crippen molar-refractivity contribution in [3.63, 3.8) is 0 Å². The van der Waals surface area contributed by atoms with Gasteiger partial charge < -0.3 is 15.8 Å². The van der Waals surface area contributed by atoms with Gasteiger partial charge in [0.1, 0.15) is 5.82 Å². The molecule has 0 unspecified atom stereocenters. The van der Waals surface area contributed by atoms with Crippen molar-refractivity contribution in [3.8, 4) is 0 Å². The lowest BCUT2D eigenvalue weighted by Gasteiger charge is -2.40. The molecule has 1 aromatic rings. The molecule has 0 spiro atoms. The van der Waals surface area contributed by atoms with Crippen LogP contribution in [0.1, 0.15) is 5.56 Å². The van der Waals surface area contributed by atoms with Crippen molar-refractivity contribution < 1.29 is 9.13 Å². The van der Waals surface area contributed by atoms with E-state index in [1.807, 2.05) is 6.07 Å². The van der Waals surface area contributed by atoms with Crippen LogP contribution in [0.3, 0.4) is 0 Å². The van der Waals surface area contributed by atoms with Gasteiger partial charge in [-0.15, -0.1) is 0 Å². The van der Waals surface area contributed by atoms with E-state index >= 15 is 0 Å². The molecule has 0 amide bonds. The monoisotopic (exact) mass is 224 g/mol. The van der Waals surface area contributed by atoms with Crippen LogP contribution in [0.5, 0.6) is 0 Å². The number of hydrogen-bond acceptors (Lipinski definition) is 3. The molecule has 0 saturated carbocycles. The molecule has 1 fully saturated rings. The zero-order valence-corrected chi connectivity index (χ0v) is 9.21. The number of hydrogen-bond donors (Lipinski definition) is 2. The third-order valence-electron chi connectivity index (χ3n) is 2.97. The molecule has 0 atom stereocenters. The minimum atomic E-state index is -0.195. The van der Waals surface area contributed by atoms with Crippen molar-refractivity contribution in [3.05, 3.63) is 35.6 Å². The number of nitrogens with one attached hydrogen (secondary N) is 1. The van der Waals surface area contributed by atoms with Crippen LogP contribution in [0.15, 0.2) is 24.3 Å². The zero-order chi connectivity index (χ0) is 11.4. The Morgan fingerprint density at radius 3 is 2.81 bits per heavy atom. The standard InChI is InChI=1S/C12H17FN2O/c13-11-3-1-2-10(4-11)5-15-7-12(6-14)8-16-9-12/h1-4,15H,5-9,14H2. The number of rotatable bonds is 5. The van der Waals surface area contributed by atoms with E-state index in [1.54, 1.807) is 12.1 Å². The van der Waals surface area contributed by atoms with E-state index in [4.69, 9.17) is 10.5 Å². The molecule has 88 valence electrons. The second kappa shape index (κ2) is 4.91. The van der Waals surface area contributed by atoms with Gasteiger partial charge >= 0.3 is 0 Å². The first kappa shape index (κ1) is 11.5. The Kier molecular flexibility index (Phi) is 3.53. The summed E-state index contributed by atoms with van der Waals surface area (Å²) < 4.78 is 18.1. The fraction of sp³-hybridized carbons (Fsp3) is 0.500. The van der Waals surface area contributed by atoms with Crippen LogP contribution in [0.2, 0.25) is 0 Å². The normalized spacial score (nSPS) is 18.1. The third kappa shape index (κ3) is 2.58. The molecule has 3 N–H and O–H groups in total. The van der Waals surface area contributed by atoms with E-state index in [9.17, 15) is 4.39 Å². The first-order valence-electron chi connectivity index (χ1n) is 5.47. The fourth-order valence-corrected chi connectivity index (χ4v) is 1.80. The number of benzene rings is 1. The van der Waals surface area contributed by atoms with Crippen molar-refractivity contribution in [1.82, 2.24) is 5.32 Å². The smallest absolute Gasteiger partial charge is 0.123 e. The number of nitrogens with two attached hydrogens (primary N) is 1. The predicted molar refractivity (Wildman–Crippen MR) is 60.4 cm³/mol. The second-order valence-corrected chi connectivity index (χ2v) is 4.43. The SMILES string of the molecule is NCC1(CNCc2cccc(F)c2)COC1. The van der Waals surface area contributed by atoms with Gasteiger partial charge in [0.05, 0.1) is 13.2 Å². The van der Waals surface area contributed by atoms with E-state index in [0.717, 1.165) is 25.3 Å². The second-order valence-electron chi connectivity index (χ2n) is 4.43. The van der Waals surface area contributed by atoms with Gasteiger partial charge in [-0.05, 0) is 17.7 Å². The summed E-state index contributed by atoms with van der Waals surface area (Å²) in [5.41, 5.74) is 6.73. The van der Waals surface area contributed by atoms with Crippen molar-refractivity contribution in [2.75, 3.05) is 26.3 Å². The summed E-state index contributed by atoms with van der Waals surface area (Å²) in [4.78, 5) is 0. The molecule has 1 aliphatic heterocycles. The van der Waals surface area contributed by atoms with Crippen molar-refractivity contribution >= 4 is 0 Å². The van der Waals surface area contributed by atoms with Crippen molar-refractivity contribution in [1.29, 1.82) is 0 Å². The van der Waals surface area contributed by atoms with Crippen LogP contribution < -0.4 is 11.1 Å². The van der Waals surface area contributed by atoms with E-state index in [2.05, 4.69) is 5.32 Å². The summed E-state index contributed by atoms with van der Waals surface area (Å²) in [6, 6.07) is 6.62. The molecule has 0 aliphatic carbocycles. The Hall–Kier alpha value is -0.970. The van der Waals surface area contributed by atoms with Gasteiger partial charge in [0.15, 0.2) is 0 Å². The maximum Gasteiger partial charge on any atom is 0.123 e. The topological polar surface area (TPSA) is 47.3 Å². The molecule has 1 aliphatic rings.